The van der Waals surface area contributed by atoms with Crippen molar-refractivity contribution < 1.29 is 0 Å². The predicted octanol–water partition coefficient (Wildman–Crippen LogP) is 1.07. The summed E-state index contributed by atoms with van der Waals surface area (Å²) >= 11 is 0. The van der Waals surface area contributed by atoms with Crippen molar-refractivity contribution in [1.29, 1.82) is 0 Å². The second-order valence-corrected chi connectivity index (χ2v) is 3.37. The highest BCUT2D eigenvalue weighted by Crippen LogP contribution is 2.17. The largest absolute Gasteiger partial charge is 0.314 e. The van der Waals surface area contributed by atoms with Gasteiger partial charge in [-0.1, -0.05) is 12.2 Å². The summed E-state index contributed by atoms with van der Waals surface area (Å²) in [6.45, 7) is 10.7. The number of rotatable bonds is 4. The molecule has 2 N–H and O–H groups in total. The Hall–Kier alpha value is -0.600. The van der Waals surface area contributed by atoms with Gasteiger partial charge in [-0.05, 0) is 12.8 Å². The average Bonchev–Trinajstić information content (AvgIpc) is 2.07. The van der Waals surface area contributed by atoms with Crippen molar-refractivity contribution in [2.45, 2.75) is 18.4 Å². The summed E-state index contributed by atoms with van der Waals surface area (Å²) in [6, 6.07) is 0. The minimum absolute atomic E-state index is 0.182. The molecular formula is C10H18N2. The summed E-state index contributed by atoms with van der Waals surface area (Å²) in [5.41, 5.74) is 0.182. The Bertz CT molecular complexity index is 145. The van der Waals surface area contributed by atoms with Gasteiger partial charge < -0.3 is 10.6 Å². The van der Waals surface area contributed by atoms with Gasteiger partial charge in [0.25, 0.3) is 0 Å². The quantitative estimate of drug-likeness (QED) is 0.610. The number of piperazine rings is 1. The molecule has 0 amide bonds. The molecule has 0 saturated carbocycles. The van der Waals surface area contributed by atoms with Gasteiger partial charge in [0, 0.05) is 25.2 Å². The molecule has 1 rings (SSSR count). The van der Waals surface area contributed by atoms with E-state index in [0.717, 1.165) is 32.5 Å². The van der Waals surface area contributed by atoms with Crippen molar-refractivity contribution in [3.05, 3.63) is 25.3 Å². The Morgan fingerprint density at radius 2 is 1.83 bits per heavy atom. The van der Waals surface area contributed by atoms with Crippen LogP contribution in [0.4, 0.5) is 0 Å². The zero-order valence-electron chi connectivity index (χ0n) is 7.60. The Balaban J connectivity index is 2.55. The molecule has 1 fully saturated rings. The minimum Gasteiger partial charge on any atom is -0.314 e. The first-order valence-electron chi connectivity index (χ1n) is 4.50. The van der Waals surface area contributed by atoms with Crippen molar-refractivity contribution in [3.63, 3.8) is 0 Å². The van der Waals surface area contributed by atoms with Gasteiger partial charge in [0.2, 0.25) is 0 Å². The summed E-state index contributed by atoms with van der Waals surface area (Å²) in [4.78, 5) is 0. The van der Waals surface area contributed by atoms with Gasteiger partial charge in [0.05, 0.1) is 0 Å². The molecule has 68 valence electrons. The molecule has 1 saturated heterocycles. The van der Waals surface area contributed by atoms with Crippen molar-refractivity contribution in [2.24, 2.45) is 0 Å². The Kier molecular flexibility index (Phi) is 3.50. The summed E-state index contributed by atoms with van der Waals surface area (Å²) in [5, 5.41) is 6.92. The van der Waals surface area contributed by atoms with Crippen molar-refractivity contribution in [1.82, 2.24) is 10.6 Å². The third-order valence-electron chi connectivity index (χ3n) is 2.34. The molecule has 12 heavy (non-hydrogen) atoms. The van der Waals surface area contributed by atoms with Crippen LogP contribution in [0.1, 0.15) is 12.8 Å². The molecule has 0 spiro atoms. The third-order valence-corrected chi connectivity index (χ3v) is 2.34. The summed E-state index contributed by atoms with van der Waals surface area (Å²) in [5.74, 6) is 0. The van der Waals surface area contributed by atoms with Crippen LogP contribution in [0, 0.1) is 0 Å². The molecular weight excluding hydrogens is 148 g/mol. The second-order valence-electron chi connectivity index (χ2n) is 3.37. The van der Waals surface area contributed by atoms with Crippen LogP contribution in [0.3, 0.4) is 0 Å². The number of nitrogens with one attached hydrogen (secondary N) is 2. The lowest BCUT2D eigenvalue weighted by Crippen LogP contribution is -2.58. The highest BCUT2D eigenvalue weighted by molar-refractivity contribution is 5.01. The molecule has 1 aliphatic rings. The van der Waals surface area contributed by atoms with Crippen LogP contribution < -0.4 is 10.6 Å². The van der Waals surface area contributed by atoms with E-state index < -0.39 is 0 Å². The van der Waals surface area contributed by atoms with Gasteiger partial charge in [0.1, 0.15) is 0 Å². The topological polar surface area (TPSA) is 24.1 Å². The number of hydrogen-bond acceptors (Lipinski definition) is 2. The Labute approximate surface area is 74.7 Å². The Morgan fingerprint density at radius 3 is 2.25 bits per heavy atom. The molecule has 1 aliphatic heterocycles. The fourth-order valence-corrected chi connectivity index (χ4v) is 1.73. The van der Waals surface area contributed by atoms with Gasteiger partial charge >= 0.3 is 0 Å². The van der Waals surface area contributed by atoms with E-state index in [2.05, 4.69) is 23.8 Å². The summed E-state index contributed by atoms with van der Waals surface area (Å²) in [6.07, 6.45) is 5.96. The maximum Gasteiger partial charge on any atom is 0.0375 e. The first kappa shape index (κ1) is 9.49. The Morgan fingerprint density at radius 1 is 1.17 bits per heavy atom. The van der Waals surface area contributed by atoms with Crippen molar-refractivity contribution in [3.8, 4) is 0 Å². The van der Waals surface area contributed by atoms with E-state index in [1.165, 1.54) is 0 Å². The average molecular weight is 166 g/mol. The predicted molar refractivity (Wildman–Crippen MR) is 53.2 cm³/mol. The van der Waals surface area contributed by atoms with Crippen molar-refractivity contribution in [2.75, 3.05) is 19.6 Å². The summed E-state index contributed by atoms with van der Waals surface area (Å²) < 4.78 is 0. The molecule has 0 aromatic rings. The first-order chi connectivity index (χ1) is 5.83. The zero-order chi connectivity index (χ0) is 8.86. The fraction of sp³-hybridized carbons (Fsp3) is 0.600. The number of hydrogen-bond donors (Lipinski definition) is 2. The van der Waals surface area contributed by atoms with Crippen LogP contribution in [0.15, 0.2) is 25.3 Å². The standard InChI is InChI=1S/C10H18N2/c1-3-5-10(6-4-2)9-11-7-8-12-10/h3-4,11-12H,1-2,5-9H2. The normalized spacial score (nSPS) is 21.7. The molecule has 0 aliphatic carbocycles. The molecule has 0 radical (unpaired) electrons. The van der Waals surface area contributed by atoms with E-state index in [1.54, 1.807) is 0 Å². The highest BCUT2D eigenvalue weighted by atomic mass is 15.1. The maximum atomic E-state index is 3.78. The lowest BCUT2D eigenvalue weighted by molar-refractivity contribution is 0.276. The van der Waals surface area contributed by atoms with Crippen LogP contribution >= 0.6 is 0 Å². The van der Waals surface area contributed by atoms with Gasteiger partial charge in [-0.15, -0.1) is 13.2 Å². The molecule has 1 heterocycles. The monoisotopic (exact) mass is 166 g/mol. The zero-order valence-corrected chi connectivity index (χ0v) is 7.60. The smallest absolute Gasteiger partial charge is 0.0375 e. The molecule has 2 heteroatoms. The molecule has 0 aromatic heterocycles. The van der Waals surface area contributed by atoms with Crippen LogP contribution in [0.2, 0.25) is 0 Å². The SMILES string of the molecule is C=CCC1(CC=C)CNCCN1. The van der Waals surface area contributed by atoms with Gasteiger partial charge in [-0.2, -0.15) is 0 Å². The maximum absolute atomic E-state index is 3.78. The van der Waals surface area contributed by atoms with Crippen LogP contribution in [0.25, 0.3) is 0 Å². The second kappa shape index (κ2) is 4.43. The highest BCUT2D eigenvalue weighted by Gasteiger charge is 2.28. The lowest BCUT2D eigenvalue weighted by atomic mass is 9.89. The van der Waals surface area contributed by atoms with Crippen molar-refractivity contribution >= 4 is 0 Å². The molecule has 2 nitrogen and oxygen atoms in total. The van der Waals surface area contributed by atoms with E-state index in [9.17, 15) is 0 Å². The van der Waals surface area contributed by atoms with E-state index in [0.29, 0.717) is 0 Å². The summed E-state index contributed by atoms with van der Waals surface area (Å²) in [7, 11) is 0. The van der Waals surface area contributed by atoms with Crippen LogP contribution in [-0.4, -0.2) is 25.2 Å². The molecule has 0 unspecified atom stereocenters. The van der Waals surface area contributed by atoms with E-state index in [4.69, 9.17) is 0 Å². The fourth-order valence-electron chi connectivity index (χ4n) is 1.73. The molecule has 0 atom stereocenters. The van der Waals surface area contributed by atoms with Crippen LogP contribution in [-0.2, 0) is 0 Å². The van der Waals surface area contributed by atoms with Crippen LogP contribution in [0.5, 0.6) is 0 Å². The van der Waals surface area contributed by atoms with Gasteiger partial charge in [0.15, 0.2) is 0 Å². The van der Waals surface area contributed by atoms with E-state index in [-0.39, 0.29) is 5.54 Å². The molecule has 0 aromatic carbocycles. The van der Waals surface area contributed by atoms with E-state index >= 15 is 0 Å². The minimum atomic E-state index is 0.182. The first-order valence-corrected chi connectivity index (χ1v) is 4.50. The third kappa shape index (κ3) is 2.19. The lowest BCUT2D eigenvalue weighted by Gasteiger charge is -2.37. The van der Waals surface area contributed by atoms with E-state index in [1.807, 2.05) is 12.2 Å². The molecule has 0 bridgehead atoms. The van der Waals surface area contributed by atoms with Gasteiger partial charge in [-0.3, -0.25) is 0 Å². The van der Waals surface area contributed by atoms with Gasteiger partial charge in [-0.25, -0.2) is 0 Å².